The summed E-state index contributed by atoms with van der Waals surface area (Å²) in [5.41, 5.74) is -3.22. The average Bonchev–Trinajstić information content (AvgIpc) is 3.38. The van der Waals surface area contributed by atoms with Crippen molar-refractivity contribution in [2.24, 2.45) is 0 Å². The minimum Gasteiger partial charge on any atom is -0.454 e. The zero-order chi connectivity index (χ0) is 33.7. The Labute approximate surface area is 264 Å². The molecule has 2 aromatic carbocycles. The molecule has 1 unspecified atom stereocenters. The number of aliphatic hydroxyl groups is 1. The minimum atomic E-state index is -4.00. The van der Waals surface area contributed by atoms with Crippen LogP contribution >= 0.6 is 0 Å². The predicted molar refractivity (Wildman–Crippen MR) is 167 cm³/mol. The Kier molecular flexibility index (Phi) is 11.2. The molecule has 15 heteroatoms. The van der Waals surface area contributed by atoms with Gasteiger partial charge in [-0.3, -0.25) is 10.1 Å². The molecule has 0 saturated carbocycles. The van der Waals surface area contributed by atoms with E-state index >= 15 is 0 Å². The number of hydrogen-bond acceptors (Lipinski definition) is 11. The fourth-order valence-electron chi connectivity index (χ4n) is 4.67. The smallest absolute Gasteiger partial charge is 0.408 e. The van der Waals surface area contributed by atoms with Crippen LogP contribution in [0.4, 0.5) is 4.79 Å². The molecule has 250 valence electrons. The molecule has 45 heavy (non-hydrogen) atoms. The molecule has 0 aliphatic carbocycles. The van der Waals surface area contributed by atoms with Gasteiger partial charge >= 0.3 is 6.09 Å². The lowest BCUT2D eigenvalue weighted by Gasteiger charge is -2.39. The summed E-state index contributed by atoms with van der Waals surface area (Å²) in [6, 6.07) is 11.8. The number of nitrogens with one attached hydrogen (secondary N) is 3. The first-order valence-corrected chi connectivity index (χ1v) is 18.1. The van der Waals surface area contributed by atoms with Crippen LogP contribution in [0.5, 0.6) is 11.5 Å². The Morgan fingerprint density at radius 1 is 1.00 bits per heavy atom. The standard InChI is InChI=1S/C30H43N3O10S2/c1-7-30(16-21-11-9-8-10-12-21,33-26(34)23(17-44(6,37)38)32-27(35)43-28(2,3)4)31-18-29(5,36)19-45(39,40)22-13-14-24-25(15-22)42-20-41-24/h8-15,23,31,36H,7,16-20H2,1-6H3,(H,32,35)(H,33,34)/t23-,29-,30?/m1/s1. The van der Waals surface area contributed by atoms with Crippen LogP contribution in [-0.4, -0.2) is 87.9 Å². The van der Waals surface area contributed by atoms with Gasteiger partial charge in [0.1, 0.15) is 21.5 Å². The summed E-state index contributed by atoms with van der Waals surface area (Å²) in [4.78, 5) is 26.1. The van der Waals surface area contributed by atoms with Gasteiger partial charge in [-0.1, -0.05) is 37.3 Å². The number of benzene rings is 2. The van der Waals surface area contributed by atoms with Crippen molar-refractivity contribution in [2.75, 3.05) is 31.1 Å². The summed E-state index contributed by atoms with van der Waals surface area (Å²) in [5.74, 6) is -1.48. The molecule has 2 amide bonds. The zero-order valence-electron chi connectivity index (χ0n) is 26.4. The van der Waals surface area contributed by atoms with Gasteiger partial charge < -0.3 is 30.0 Å². The number of fused-ring (bicyclic) bond motifs is 1. The molecule has 0 aromatic heterocycles. The number of alkyl carbamates (subject to hydrolysis) is 1. The van der Waals surface area contributed by atoms with Gasteiger partial charge in [-0.2, -0.15) is 0 Å². The summed E-state index contributed by atoms with van der Waals surface area (Å²) in [5, 5.41) is 19.6. The molecule has 1 aliphatic heterocycles. The average molecular weight is 670 g/mol. The highest BCUT2D eigenvalue weighted by Gasteiger charge is 2.38. The van der Waals surface area contributed by atoms with Crippen LogP contribution in [0, 0.1) is 0 Å². The maximum absolute atomic E-state index is 13.7. The van der Waals surface area contributed by atoms with E-state index in [4.69, 9.17) is 14.2 Å². The topological polar surface area (TPSA) is 186 Å². The van der Waals surface area contributed by atoms with Gasteiger partial charge in [0.15, 0.2) is 21.3 Å². The number of ether oxygens (including phenoxy) is 3. The molecule has 0 saturated heterocycles. The van der Waals surface area contributed by atoms with E-state index in [1.54, 1.807) is 27.7 Å². The first kappa shape index (κ1) is 36.1. The highest BCUT2D eigenvalue weighted by atomic mass is 32.2. The third-order valence-corrected chi connectivity index (χ3v) is 9.72. The van der Waals surface area contributed by atoms with Crippen molar-refractivity contribution < 1.29 is 45.7 Å². The highest BCUT2D eigenvalue weighted by molar-refractivity contribution is 7.91. The summed E-state index contributed by atoms with van der Waals surface area (Å²) < 4.78 is 66.7. The molecule has 13 nitrogen and oxygen atoms in total. The van der Waals surface area contributed by atoms with Crippen molar-refractivity contribution in [3.8, 4) is 11.5 Å². The van der Waals surface area contributed by atoms with Crippen molar-refractivity contribution >= 4 is 31.7 Å². The van der Waals surface area contributed by atoms with E-state index < -0.39 is 66.1 Å². The van der Waals surface area contributed by atoms with Crippen LogP contribution in [0.2, 0.25) is 0 Å². The monoisotopic (exact) mass is 669 g/mol. The minimum absolute atomic E-state index is 0.0228. The Bertz CT molecular complexity index is 1570. The second kappa shape index (κ2) is 13.9. The van der Waals surface area contributed by atoms with Crippen LogP contribution in [0.1, 0.15) is 46.6 Å². The normalized spacial score (nSPS) is 16.6. The first-order valence-electron chi connectivity index (χ1n) is 14.3. The summed E-state index contributed by atoms with van der Waals surface area (Å²) in [6.07, 6.45) is 0.383. The zero-order valence-corrected chi connectivity index (χ0v) is 28.0. The van der Waals surface area contributed by atoms with Crippen LogP contribution in [0.15, 0.2) is 53.4 Å². The van der Waals surface area contributed by atoms with E-state index in [0.717, 1.165) is 11.8 Å². The van der Waals surface area contributed by atoms with Gasteiger partial charge in [-0.05, 0) is 51.8 Å². The van der Waals surface area contributed by atoms with E-state index in [9.17, 15) is 31.5 Å². The molecule has 0 fully saturated rings. The van der Waals surface area contributed by atoms with Crippen LogP contribution in [0.25, 0.3) is 0 Å². The fraction of sp³-hybridized carbons (Fsp3) is 0.533. The van der Waals surface area contributed by atoms with Gasteiger partial charge in [0.2, 0.25) is 12.7 Å². The van der Waals surface area contributed by atoms with Crippen molar-refractivity contribution in [3.63, 3.8) is 0 Å². The van der Waals surface area contributed by atoms with E-state index in [-0.39, 0.29) is 36.8 Å². The van der Waals surface area contributed by atoms with Crippen LogP contribution < -0.4 is 25.4 Å². The molecular weight excluding hydrogens is 626 g/mol. The van der Waals surface area contributed by atoms with Gasteiger partial charge in [-0.15, -0.1) is 0 Å². The quantitative estimate of drug-likeness (QED) is 0.215. The number of hydrogen-bond donors (Lipinski definition) is 4. The van der Waals surface area contributed by atoms with Gasteiger partial charge in [-0.25, -0.2) is 21.6 Å². The second-order valence-corrected chi connectivity index (χ2v) is 16.7. The van der Waals surface area contributed by atoms with Crippen molar-refractivity contribution in [1.29, 1.82) is 0 Å². The Morgan fingerprint density at radius 2 is 1.64 bits per heavy atom. The number of sulfone groups is 2. The summed E-state index contributed by atoms with van der Waals surface area (Å²) >= 11 is 0. The number of carbonyl (C=O) groups is 2. The van der Waals surface area contributed by atoms with Crippen molar-refractivity contribution in [1.82, 2.24) is 16.0 Å². The molecular formula is C30H43N3O10S2. The lowest BCUT2D eigenvalue weighted by molar-refractivity contribution is -0.125. The molecule has 3 atom stereocenters. The summed E-state index contributed by atoms with van der Waals surface area (Å²) in [7, 11) is -7.74. The number of amides is 2. The molecule has 0 bridgehead atoms. The van der Waals surface area contributed by atoms with Crippen LogP contribution in [-0.2, 0) is 35.6 Å². The Hall–Kier alpha value is -3.40. The molecule has 3 rings (SSSR count). The Balaban J connectivity index is 1.86. The first-order chi connectivity index (χ1) is 20.7. The van der Waals surface area contributed by atoms with Crippen molar-refractivity contribution in [3.05, 3.63) is 54.1 Å². The van der Waals surface area contributed by atoms with E-state index in [2.05, 4.69) is 16.0 Å². The summed E-state index contributed by atoms with van der Waals surface area (Å²) in [6.45, 7) is 7.69. The molecule has 0 spiro atoms. The van der Waals surface area contributed by atoms with Gasteiger partial charge in [0.25, 0.3) is 0 Å². The van der Waals surface area contributed by atoms with Crippen LogP contribution in [0.3, 0.4) is 0 Å². The maximum Gasteiger partial charge on any atom is 0.408 e. The maximum atomic E-state index is 13.7. The van der Waals surface area contributed by atoms with E-state index in [1.165, 1.54) is 25.1 Å². The Morgan fingerprint density at radius 3 is 2.24 bits per heavy atom. The largest absolute Gasteiger partial charge is 0.454 e. The molecule has 1 heterocycles. The highest BCUT2D eigenvalue weighted by Crippen LogP contribution is 2.34. The molecule has 0 radical (unpaired) electrons. The van der Waals surface area contributed by atoms with E-state index in [0.29, 0.717) is 5.75 Å². The number of rotatable bonds is 14. The molecule has 4 N–H and O–H groups in total. The third kappa shape index (κ3) is 11.2. The number of carbonyl (C=O) groups excluding carboxylic acids is 2. The molecule has 2 aromatic rings. The lowest BCUT2D eigenvalue weighted by atomic mass is 9.95. The second-order valence-electron chi connectivity index (χ2n) is 12.5. The van der Waals surface area contributed by atoms with E-state index in [1.807, 2.05) is 30.3 Å². The predicted octanol–water partition coefficient (Wildman–Crippen LogP) is 1.93. The van der Waals surface area contributed by atoms with Gasteiger partial charge in [0, 0.05) is 25.3 Å². The molecule has 1 aliphatic rings. The third-order valence-electron chi connectivity index (χ3n) is 6.80. The van der Waals surface area contributed by atoms with Crippen molar-refractivity contribution in [2.45, 2.75) is 75.3 Å². The lowest BCUT2D eigenvalue weighted by Crippen LogP contribution is -2.66. The van der Waals surface area contributed by atoms with Gasteiger partial charge in [0.05, 0.1) is 27.7 Å². The fourth-order valence-corrected chi connectivity index (χ4v) is 7.16. The SMILES string of the molecule is CCC(Cc1ccccc1)(NC[C@@](C)(O)CS(=O)(=O)c1ccc2c(c1)OCO2)NC(=O)[C@@H](CS(C)(=O)=O)NC(=O)OC(C)(C)C.